The lowest BCUT2D eigenvalue weighted by Gasteiger charge is -2.25. The van der Waals surface area contributed by atoms with E-state index in [1.165, 1.54) is 0 Å². The lowest BCUT2D eigenvalue weighted by molar-refractivity contribution is 0.0760. The van der Waals surface area contributed by atoms with E-state index in [0.717, 1.165) is 18.7 Å². The van der Waals surface area contributed by atoms with Crippen molar-refractivity contribution in [1.29, 1.82) is 0 Å². The van der Waals surface area contributed by atoms with Gasteiger partial charge < -0.3 is 19.9 Å². The van der Waals surface area contributed by atoms with Gasteiger partial charge in [-0.15, -0.1) is 0 Å². The highest BCUT2D eigenvalue weighted by Crippen LogP contribution is 2.29. The van der Waals surface area contributed by atoms with Gasteiger partial charge in [-0.05, 0) is 12.1 Å². The summed E-state index contributed by atoms with van der Waals surface area (Å²) in [6, 6.07) is 5.29. The van der Waals surface area contributed by atoms with Crippen LogP contribution in [0.3, 0.4) is 0 Å². The smallest absolute Gasteiger partial charge is 0.127 e. The Bertz CT molecular complexity index is 335. The fraction of sp³-hybridized carbons (Fsp3) is 0.455. The van der Waals surface area contributed by atoms with Gasteiger partial charge >= 0.3 is 0 Å². The van der Waals surface area contributed by atoms with Crippen molar-refractivity contribution in [3.8, 4) is 11.5 Å². The first-order chi connectivity index (χ1) is 7.31. The molecule has 1 aromatic carbocycles. The van der Waals surface area contributed by atoms with Gasteiger partial charge in [0.1, 0.15) is 11.5 Å². The topological polar surface area (TPSA) is 50.7 Å². The maximum absolute atomic E-state index is 9.34. The van der Waals surface area contributed by atoms with E-state index in [1.54, 1.807) is 19.2 Å². The van der Waals surface area contributed by atoms with Gasteiger partial charge in [-0.2, -0.15) is 0 Å². The van der Waals surface area contributed by atoms with E-state index >= 15 is 0 Å². The molecule has 2 rings (SSSR count). The van der Waals surface area contributed by atoms with E-state index in [2.05, 4.69) is 5.32 Å². The summed E-state index contributed by atoms with van der Waals surface area (Å²) in [4.78, 5) is 0. The molecule has 15 heavy (non-hydrogen) atoms. The van der Waals surface area contributed by atoms with Gasteiger partial charge in [0.25, 0.3) is 0 Å². The van der Waals surface area contributed by atoms with E-state index in [1.807, 2.05) is 6.07 Å². The molecule has 0 unspecified atom stereocenters. The molecule has 82 valence electrons. The molecular formula is C11H15NO3. The van der Waals surface area contributed by atoms with Crippen LogP contribution >= 0.6 is 0 Å². The number of methoxy groups -OCH3 is 1. The number of nitrogens with one attached hydrogen (secondary N) is 1. The van der Waals surface area contributed by atoms with Crippen LogP contribution in [0.1, 0.15) is 11.6 Å². The average Bonchev–Trinajstić information content (AvgIpc) is 2.30. The minimum Gasteiger partial charge on any atom is -0.508 e. The highest BCUT2D eigenvalue weighted by molar-refractivity contribution is 5.42. The fourth-order valence-corrected chi connectivity index (χ4v) is 1.75. The van der Waals surface area contributed by atoms with E-state index in [4.69, 9.17) is 9.47 Å². The highest BCUT2D eigenvalue weighted by atomic mass is 16.5. The van der Waals surface area contributed by atoms with Gasteiger partial charge in [0.2, 0.25) is 0 Å². The minimum atomic E-state index is 0.147. The summed E-state index contributed by atoms with van der Waals surface area (Å²) in [6.45, 7) is 2.23. The van der Waals surface area contributed by atoms with E-state index in [9.17, 15) is 5.11 Å². The number of hydrogen-bond acceptors (Lipinski definition) is 4. The maximum Gasteiger partial charge on any atom is 0.127 e. The van der Waals surface area contributed by atoms with Gasteiger partial charge in [0, 0.05) is 18.2 Å². The number of phenolic OH excluding ortho intramolecular Hbond substituents is 1. The SMILES string of the molecule is COc1cc(O)ccc1[C@@H]1COCCN1. The van der Waals surface area contributed by atoms with Gasteiger partial charge in [0.05, 0.1) is 26.4 Å². The lowest BCUT2D eigenvalue weighted by atomic mass is 10.1. The van der Waals surface area contributed by atoms with Crippen molar-refractivity contribution in [2.75, 3.05) is 26.9 Å². The molecule has 1 heterocycles. The molecule has 0 aliphatic carbocycles. The summed E-state index contributed by atoms with van der Waals surface area (Å²) in [5.41, 5.74) is 1.02. The standard InChI is InChI=1S/C11H15NO3/c1-14-11-6-8(13)2-3-9(11)10-7-15-5-4-12-10/h2-3,6,10,12-13H,4-5,7H2,1H3/t10-/m0/s1. The summed E-state index contributed by atoms with van der Waals surface area (Å²) < 4.78 is 10.6. The predicted octanol–water partition coefficient (Wildman–Crippen LogP) is 1.06. The quantitative estimate of drug-likeness (QED) is 0.764. The molecule has 0 aromatic heterocycles. The first kappa shape index (κ1) is 10.3. The summed E-state index contributed by atoms with van der Waals surface area (Å²) in [5.74, 6) is 0.908. The second kappa shape index (κ2) is 4.51. The Kier molecular flexibility index (Phi) is 3.08. The molecular weight excluding hydrogens is 194 g/mol. The Labute approximate surface area is 88.8 Å². The van der Waals surface area contributed by atoms with E-state index < -0.39 is 0 Å². The first-order valence-electron chi connectivity index (χ1n) is 4.99. The summed E-state index contributed by atoms with van der Waals surface area (Å²) in [7, 11) is 1.60. The number of phenols is 1. The molecule has 1 aliphatic heterocycles. The number of morpholine rings is 1. The minimum absolute atomic E-state index is 0.147. The van der Waals surface area contributed by atoms with Crippen LogP contribution in [0.15, 0.2) is 18.2 Å². The molecule has 0 spiro atoms. The third-order valence-electron chi connectivity index (χ3n) is 2.51. The summed E-state index contributed by atoms with van der Waals surface area (Å²) in [5, 5.41) is 12.7. The van der Waals surface area contributed by atoms with E-state index in [0.29, 0.717) is 12.4 Å². The molecule has 0 radical (unpaired) electrons. The molecule has 0 amide bonds. The largest absolute Gasteiger partial charge is 0.508 e. The second-order valence-electron chi connectivity index (χ2n) is 3.51. The number of aromatic hydroxyl groups is 1. The van der Waals surface area contributed by atoms with Crippen LogP contribution in [0.4, 0.5) is 0 Å². The number of hydrogen-bond donors (Lipinski definition) is 2. The fourth-order valence-electron chi connectivity index (χ4n) is 1.75. The zero-order valence-corrected chi connectivity index (χ0v) is 8.69. The monoisotopic (exact) mass is 209 g/mol. The van der Waals surface area contributed by atoms with E-state index in [-0.39, 0.29) is 11.8 Å². The molecule has 1 saturated heterocycles. The Balaban J connectivity index is 2.25. The molecule has 1 aromatic rings. The van der Waals surface area contributed by atoms with Gasteiger partial charge in [-0.3, -0.25) is 0 Å². The van der Waals surface area contributed by atoms with Crippen molar-refractivity contribution >= 4 is 0 Å². The van der Waals surface area contributed by atoms with Crippen molar-refractivity contribution in [3.63, 3.8) is 0 Å². The summed E-state index contributed by atoms with van der Waals surface area (Å²) >= 11 is 0. The zero-order valence-electron chi connectivity index (χ0n) is 8.69. The Hall–Kier alpha value is -1.26. The zero-order chi connectivity index (χ0) is 10.7. The van der Waals surface area contributed by atoms with Crippen molar-refractivity contribution in [2.45, 2.75) is 6.04 Å². The van der Waals surface area contributed by atoms with Crippen molar-refractivity contribution in [1.82, 2.24) is 5.32 Å². The Morgan fingerprint density at radius 2 is 2.40 bits per heavy atom. The van der Waals surface area contributed by atoms with Crippen LogP contribution in [0.5, 0.6) is 11.5 Å². The lowest BCUT2D eigenvalue weighted by Crippen LogP contribution is -2.34. The van der Waals surface area contributed by atoms with Crippen LogP contribution in [0, 0.1) is 0 Å². The van der Waals surface area contributed by atoms with Crippen LogP contribution in [-0.2, 0) is 4.74 Å². The second-order valence-corrected chi connectivity index (χ2v) is 3.51. The van der Waals surface area contributed by atoms with Crippen molar-refractivity contribution < 1.29 is 14.6 Å². The van der Waals surface area contributed by atoms with Gasteiger partial charge in [-0.25, -0.2) is 0 Å². The molecule has 0 bridgehead atoms. The average molecular weight is 209 g/mol. The molecule has 1 aliphatic rings. The normalized spacial score (nSPS) is 21.3. The number of rotatable bonds is 2. The van der Waals surface area contributed by atoms with Crippen molar-refractivity contribution in [2.24, 2.45) is 0 Å². The van der Waals surface area contributed by atoms with Crippen LogP contribution in [0.2, 0.25) is 0 Å². The number of benzene rings is 1. The Morgan fingerprint density at radius 1 is 1.53 bits per heavy atom. The van der Waals surface area contributed by atoms with Crippen LogP contribution in [0.25, 0.3) is 0 Å². The molecule has 4 nitrogen and oxygen atoms in total. The summed E-state index contributed by atoms with van der Waals surface area (Å²) in [6.07, 6.45) is 0. The number of ether oxygens (including phenoxy) is 2. The third-order valence-corrected chi connectivity index (χ3v) is 2.51. The third kappa shape index (κ3) is 2.22. The first-order valence-corrected chi connectivity index (χ1v) is 4.99. The highest BCUT2D eigenvalue weighted by Gasteiger charge is 2.18. The van der Waals surface area contributed by atoms with Crippen molar-refractivity contribution in [3.05, 3.63) is 23.8 Å². The van der Waals surface area contributed by atoms with Crippen LogP contribution < -0.4 is 10.1 Å². The van der Waals surface area contributed by atoms with Gasteiger partial charge in [-0.1, -0.05) is 0 Å². The van der Waals surface area contributed by atoms with Gasteiger partial charge in [0.15, 0.2) is 0 Å². The maximum atomic E-state index is 9.34. The molecule has 1 atom stereocenters. The molecule has 2 N–H and O–H groups in total. The molecule has 0 saturated carbocycles. The molecule has 1 fully saturated rings. The predicted molar refractivity (Wildman–Crippen MR) is 56.2 cm³/mol. The molecule has 4 heteroatoms. The Morgan fingerprint density at radius 3 is 3.07 bits per heavy atom. The van der Waals surface area contributed by atoms with Crippen LogP contribution in [-0.4, -0.2) is 32.0 Å².